The molecule has 6 nitrogen and oxygen atoms in total. The number of carboxylic acid groups (broad SMARTS) is 1. The van der Waals surface area contributed by atoms with Crippen LogP contribution in [0.5, 0.6) is 5.75 Å². The molecule has 1 aromatic carbocycles. The molecule has 0 aromatic heterocycles. The van der Waals surface area contributed by atoms with Gasteiger partial charge in [0.2, 0.25) is 0 Å². The van der Waals surface area contributed by atoms with E-state index in [-0.39, 0.29) is 18.1 Å². The van der Waals surface area contributed by atoms with Crippen molar-refractivity contribution in [2.45, 2.75) is 39.7 Å². The number of carbonyl (C=O) groups excluding carboxylic acids is 1. The van der Waals surface area contributed by atoms with Gasteiger partial charge in [0, 0.05) is 24.8 Å². The number of carboxylic acids is 1. The van der Waals surface area contributed by atoms with Crippen molar-refractivity contribution >= 4 is 17.7 Å². The molecule has 1 aromatic rings. The molecule has 2 rings (SSSR count). The van der Waals surface area contributed by atoms with Crippen molar-refractivity contribution in [3.63, 3.8) is 0 Å². The Kier molecular flexibility index (Phi) is 5.47. The molecule has 1 heterocycles. The van der Waals surface area contributed by atoms with Gasteiger partial charge in [-0.2, -0.15) is 0 Å². The predicted octanol–water partition coefficient (Wildman–Crippen LogP) is 3.11. The monoisotopic (exact) mass is 320 g/mol. The quantitative estimate of drug-likeness (QED) is 0.893. The van der Waals surface area contributed by atoms with Gasteiger partial charge in [0.1, 0.15) is 5.75 Å². The molecule has 23 heavy (non-hydrogen) atoms. The van der Waals surface area contributed by atoms with Gasteiger partial charge in [-0.15, -0.1) is 0 Å². The second-order valence-electron chi connectivity index (χ2n) is 6.18. The number of amides is 2. The van der Waals surface area contributed by atoms with E-state index < -0.39 is 5.97 Å². The minimum atomic E-state index is -0.779. The van der Waals surface area contributed by atoms with E-state index in [0.29, 0.717) is 31.6 Å². The van der Waals surface area contributed by atoms with Crippen LogP contribution in [0, 0.1) is 12.8 Å². The third-order valence-electron chi connectivity index (χ3n) is 3.93. The van der Waals surface area contributed by atoms with E-state index >= 15 is 0 Å². The zero-order valence-electron chi connectivity index (χ0n) is 13.8. The molecule has 2 N–H and O–H groups in total. The Bertz CT molecular complexity index is 578. The van der Waals surface area contributed by atoms with Crippen LogP contribution in [0.4, 0.5) is 10.5 Å². The second-order valence-corrected chi connectivity index (χ2v) is 6.18. The number of ether oxygens (including phenoxy) is 1. The SMILES string of the molecule is Cc1ccc(NC(=O)N2CCC(C(=O)O)CC2)cc1OC(C)C. The first kappa shape index (κ1) is 17.1. The van der Waals surface area contributed by atoms with Crippen LogP contribution in [-0.2, 0) is 4.79 Å². The van der Waals surface area contributed by atoms with Crippen LogP contribution in [0.25, 0.3) is 0 Å². The highest BCUT2D eigenvalue weighted by Crippen LogP contribution is 2.24. The maximum atomic E-state index is 12.3. The summed E-state index contributed by atoms with van der Waals surface area (Å²) in [7, 11) is 0. The van der Waals surface area contributed by atoms with Crippen molar-refractivity contribution in [1.82, 2.24) is 4.90 Å². The van der Waals surface area contributed by atoms with E-state index in [9.17, 15) is 9.59 Å². The zero-order chi connectivity index (χ0) is 17.0. The van der Waals surface area contributed by atoms with Crippen LogP contribution in [0.3, 0.4) is 0 Å². The Balaban J connectivity index is 1.97. The predicted molar refractivity (Wildman–Crippen MR) is 87.9 cm³/mol. The molecule has 1 aliphatic rings. The molecular formula is C17H24N2O4. The van der Waals surface area contributed by atoms with Crippen molar-refractivity contribution in [3.8, 4) is 5.75 Å². The largest absolute Gasteiger partial charge is 0.491 e. The first-order valence-electron chi connectivity index (χ1n) is 7.93. The van der Waals surface area contributed by atoms with Gasteiger partial charge in [0.05, 0.1) is 12.0 Å². The number of carbonyl (C=O) groups is 2. The Labute approximate surface area is 136 Å². The van der Waals surface area contributed by atoms with E-state index in [1.165, 1.54) is 0 Å². The molecule has 0 bridgehead atoms. The summed E-state index contributed by atoms with van der Waals surface area (Å²) < 4.78 is 5.72. The average Bonchev–Trinajstić information content (AvgIpc) is 2.50. The van der Waals surface area contributed by atoms with Crippen LogP contribution in [0.2, 0.25) is 0 Å². The Morgan fingerprint density at radius 1 is 1.30 bits per heavy atom. The lowest BCUT2D eigenvalue weighted by Crippen LogP contribution is -2.42. The number of urea groups is 1. The topological polar surface area (TPSA) is 78.9 Å². The van der Waals surface area contributed by atoms with Gasteiger partial charge in [-0.25, -0.2) is 4.79 Å². The van der Waals surface area contributed by atoms with Gasteiger partial charge >= 0.3 is 12.0 Å². The molecule has 126 valence electrons. The molecule has 0 radical (unpaired) electrons. The number of rotatable bonds is 4. The van der Waals surface area contributed by atoms with E-state index in [1.807, 2.05) is 39.0 Å². The summed E-state index contributed by atoms with van der Waals surface area (Å²) >= 11 is 0. The first-order valence-corrected chi connectivity index (χ1v) is 7.93. The lowest BCUT2D eigenvalue weighted by Gasteiger charge is -2.30. The zero-order valence-corrected chi connectivity index (χ0v) is 13.8. The maximum absolute atomic E-state index is 12.3. The Morgan fingerprint density at radius 3 is 2.52 bits per heavy atom. The third kappa shape index (κ3) is 4.61. The number of benzene rings is 1. The highest BCUT2D eigenvalue weighted by atomic mass is 16.5. The molecule has 1 saturated heterocycles. The van der Waals surface area contributed by atoms with Crippen molar-refractivity contribution in [2.24, 2.45) is 5.92 Å². The molecule has 0 saturated carbocycles. The first-order chi connectivity index (χ1) is 10.9. The van der Waals surface area contributed by atoms with Crippen LogP contribution in [-0.4, -0.2) is 41.2 Å². The molecule has 0 aliphatic carbocycles. The van der Waals surface area contributed by atoms with E-state index in [2.05, 4.69) is 5.32 Å². The highest BCUT2D eigenvalue weighted by molar-refractivity contribution is 5.89. The fourth-order valence-corrected chi connectivity index (χ4v) is 2.59. The number of piperidine rings is 1. The number of hydrogen-bond acceptors (Lipinski definition) is 3. The normalized spacial score (nSPS) is 15.6. The molecule has 0 spiro atoms. The van der Waals surface area contributed by atoms with Crippen LogP contribution in [0.15, 0.2) is 18.2 Å². The third-order valence-corrected chi connectivity index (χ3v) is 3.93. The van der Waals surface area contributed by atoms with E-state index in [0.717, 1.165) is 11.3 Å². The molecule has 1 aliphatic heterocycles. The minimum Gasteiger partial charge on any atom is -0.491 e. The summed E-state index contributed by atoms with van der Waals surface area (Å²) in [6.07, 6.45) is 1.06. The number of aryl methyl sites for hydroxylation is 1. The lowest BCUT2D eigenvalue weighted by molar-refractivity contribution is -0.143. The molecule has 0 atom stereocenters. The molecular weight excluding hydrogens is 296 g/mol. The van der Waals surface area contributed by atoms with Crippen molar-refractivity contribution in [3.05, 3.63) is 23.8 Å². The van der Waals surface area contributed by atoms with Gasteiger partial charge < -0.3 is 20.1 Å². The number of nitrogens with zero attached hydrogens (tertiary/aromatic N) is 1. The Morgan fingerprint density at radius 2 is 1.96 bits per heavy atom. The average molecular weight is 320 g/mol. The molecule has 0 unspecified atom stereocenters. The summed E-state index contributed by atoms with van der Waals surface area (Å²) in [4.78, 5) is 24.9. The van der Waals surface area contributed by atoms with Crippen LogP contribution < -0.4 is 10.1 Å². The minimum absolute atomic E-state index is 0.0645. The van der Waals surface area contributed by atoms with E-state index in [4.69, 9.17) is 9.84 Å². The van der Waals surface area contributed by atoms with Gasteiger partial charge in [0.15, 0.2) is 0 Å². The number of nitrogens with one attached hydrogen (secondary N) is 1. The molecule has 6 heteroatoms. The maximum Gasteiger partial charge on any atom is 0.321 e. The number of likely N-dealkylation sites (tertiary alicyclic amines) is 1. The number of hydrogen-bond donors (Lipinski definition) is 2. The Hall–Kier alpha value is -2.24. The second kappa shape index (κ2) is 7.35. The fraction of sp³-hybridized carbons (Fsp3) is 0.529. The van der Waals surface area contributed by atoms with Crippen LogP contribution >= 0.6 is 0 Å². The summed E-state index contributed by atoms with van der Waals surface area (Å²) in [6.45, 7) is 6.79. The summed E-state index contributed by atoms with van der Waals surface area (Å²) in [5.74, 6) is -0.370. The van der Waals surface area contributed by atoms with Crippen molar-refractivity contribution < 1.29 is 19.4 Å². The van der Waals surface area contributed by atoms with Crippen molar-refractivity contribution in [1.29, 1.82) is 0 Å². The molecule has 1 fully saturated rings. The van der Waals surface area contributed by atoms with E-state index in [1.54, 1.807) is 4.90 Å². The lowest BCUT2D eigenvalue weighted by atomic mass is 9.97. The van der Waals surface area contributed by atoms with Gasteiger partial charge in [0.25, 0.3) is 0 Å². The number of aliphatic carboxylic acids is 1. The summed E-state index contributed by atoms with van der Waals surface area (Å²) in [5.41, 5.74) is 1.69. The van der Waals surface area contributed by atoms with Gasteiger partial charge in [-0.05, 0) is 45.2 Å². The van der Waals surface area contributed by atoms with Gasteiger partial charge in [-0.3, -0.25) is 4.79 Å². The molecule has 2 amide bonds. The standard InChI is InChI=1S/C17H24N2O4/c1-11(2)23-15-10-14(5-4-12(15)3)18-17(22)19-8-6-13(7-9-19)16(20)21/h4-5,10-11,13H,6-9H2,1-3H3,(H,18,22)(H,20,21). The fourth-order valence-electron chi connectivity index (χ4n) is 2.59. The smallest absolute Gasteiger partial charge is 0.321 e. The van der Waals surface area contributed by atoms with Crippen molar-refractivity contribution in [2.75, 3.05) is 18.4 Å². The summed E-state index contributed by atoms with van der Waals surface area (Å²) in [6, 6.07) is 5.36. The number of anilines is 1. The van der Waals surface area contributed by atoms with Gasteiger partial charge in [-0.1, -0.05) is 6.07 Å². The summed E-state index contributed by atoms with van der Waals surface area (Å²) in [5, 5.41) is 11.8. The van der Waals surface area contributed by atoms with Crippen LogP contribution in [0.1, 0.15) is 32.3 Å². The highest BCUT2D eigenvalue weighted by Gasteiger charge is 2.27.